The van der Waals surface area contributed by atoms with Gasteiger partial charge in [0.05, 0.1) is 13.0 Å². The summed E-state index contributed by atoms with van der Waals surface area (Å²) >= 11 is 0. The van der Waals surface area contributed by atoms with Gasteiger partial charge in [-0.15, -0.1) is 0 Å². The molecule has 3 aliphatic rings. The summed E-state index contributed by atoms with van der Waals surface area (Å²) in [6, 6.07) is 8.41. The van der Waals surface area contributed by atoms with E-state index in [1.54, 1.807) is 53.5 Å². The van der Waals surface area contributed by atoms with E-state index < -0.39 is 100 Å². The number of nitrogens with zero attached hydrogens (tertiary/aromatic N) is 7. The SMILES string of the molecule is N[C@@H](CC(=O)N1CCCCC(=O)[C@H]1Cn1cccn1)Cc1cc(F)c(F)cc1F.N[C@@H](CC(=O)N1CCCNC(=O)[C@H]1Cc1ccc[n+]([O-])c1)Cc1cc(F)c(F)cc1F.N[C@@H](CC(=O)N1CCCNC(=O)[C@H]1Cc1cccc[n+]1[O-])Cc1cc(F)c(F)cc1F. The molecule has 6 atom stereocenters. The van der Waals surface area contributed by atoms with Crippen LogP contribution in [0.3, 0.4) is 0 Å². The van der Waals surface area contributed by atoms with E-state index in [1.807, 2.05) is 0 Å². The predicted octanol–water partition coefficient (Wildman–Crippen LogP) is 4.12. The van der Waals surface area contributed by atoms with Gasteiger partial charge in [-0.1, -0.05) is 6.07 Å². The van der Waals surface area contributed by atoms with Crippen LogP contribution in [-0.4, -0.2) is 129 Å². The molecule has 0 radical (unpaired) electrons. The largest absolute Gasteiger partial charge is 0.619 e. The number of hydrogen-bond donors (Lipinski definition) is 5. The zero-order chi connectivity index (χ0) is 66.1. The Balaban J connectivity index is 0.000000194. The Morgan fingerprint density at radius 2 is 1.00 bits per heavy atom. The maximum absolute atomic E-state index is 13.9. The lowest BCUT2D eigenvalue weighted by Gasteiger charge is -2.30. The van der Waals surface area contributed by atoms with Gasteiger partial charge in [0.25, 0.3) is 0 Å². The number of rotatable bonds is 18. The van der Waals surface area contributed by atoms with Crippen LogP contribution in [0.1, 0.15) is 79.3 Å². The first-order valence-corrected chi connectivity index (χ1v) is 29.3. The summed E-state index contributed by atoms with van der Waals surface area (Å²) in [5, 5.41) is 33.1. The first-order chi connectivity index (χ1) is 43.3. The average molecular weight is 1280 g/mol. The molecule has 5 amide bonds. The van der Waals surface area contributed by atoms with Gasteiger partial charge in [0.2, 0.25) is 29.5 Å². The molecule has 0 aliphatic carbocycles. The molecule has 488 valence electrons. The number of carbonyl (C=O) groups excluding carboxylic acids is 6. The van der Waals surface area contributed by atoms with Crippen LogP contribution in [0.5, 0.6) is 0 Å². The van der Waals surface area contributed by atoms with Crippen LogP contribution in [0.2, 0.25) is 0 Å². The minimum atomic E-state index is -1.30. The highest BCUT2D eigenvalue weighted by Crippen LogP contribution is 2.23. The van der Waals surface area contributed by atoms with Gasteiger partial charge in [-0.25, -0.2) is 39.5 Å². The minimum absolute atomic E-state index is 0.0228. The Morgan fingerprint density at radius 3 is 1.45 bits per heavy atom. The molecule has 20 nitrogen and oxygen atoms in total. The molecule has 6 aromatic rings. The third kappa shape index (κ3) is 19.8. The van der Waals surface area contributed by atoms with E-state index in [0.717, 1.165) is 18.2 Å². The maximum atomic E-state index is 13.9. The van der Waals surface area contributed by atoms with Crippen LogP contribution in [0, 0.1) is 62.8 Å². The van der Waals surface area contributed by atoms with Gasteiger partial charge in [-0.2, -0.15) is 14.6 Å². The van der Waals surface area contributed by atoms with Crippen molar-refractivity contribution in [3.63, 3.8) is 0 Å². The fourth-order valence-corrected chi connectivity index (χ4v) is 10.8. The Hall–Kier alpha value is -8.96. The van der Waals surface area contributed by atoms with Gasteiger partial charge in [-0.05, 0) is 92.0 Å². The van der Waals surface area contributed by atoms with Crippen LogP contribution in [0.15, 0.2) is 104 Å². The second-order valence-electron chi connectivity index (χ2n) is 22.3. The normalized spacial score (nSPS) is 18.0. The van der Waals surface area contributed by atoms with Crippen LogP contribution in [-0.2, 0) is 67.4 Å². The number of Topliss-reactive ketones (excluding diaryl/α,β-unsaturated/α-hetero) is 1. The van der Waals surface area contributed by atoms with Crippen LogP contribution >= 0.6 is 0 Å². The monoisotopic (exact) mass is 1280 g/mol. The van der Waals surface area contributed by atoms with Gasteiger partial charge >= 0.3 is 0 Å². The molecule has 9 rings (SSSR count). The van der Waals surface area contributed by atoms with Crippen LogP contribution in [0.4, 0.5) is 39.5 Å². The van der Waals surface area contributed by atoms with Gasteiger partial charge in [0, 0.05) is 137 Å². The number of nitrogens with two attached hydrogens (primary N) is 3. The van der Waals surface area contributed by atoms with Crippen molar-refractivity contribution in [2.45, 2.75) is 126 Å². The molecule has 91 heavy (non-hydrogen) atoms. The van der Waals surface area contributed by atoms with Gasteiger partial charge in [0.15, 0.2) is 65.0 Å². The molecule has 0 bridgehead atoms. The van der Waals surface area contributed by atoms with Gasteiger partial charge in [-0.3, -0.25) is 33.4 Å². The summed E-state index contributed by atoms with van der Waals surface area (Å²) in [5.41, 5.74) is 18.5. The number of aromatic nitrogens is 4. The van der Waals surface area contributed by atoms with Crippen molar-refractivity contribution >= 4 is 35.3 Å². The van der Waals surface area contributed by atoms with Crippen molar-refractivity contribution in [2.24, 2.45) is 17.2 Å². The standard InChI is InChI=1S/2C21H23F3N4O3.C20H23F3N4O2/c22-16-11-18(24)17(23)9-14(16)8-15(25)10-20(29)28-6-2-4-26-21(30)19(28)7-13-3-1-5-27(31)12-13;22-16-12-18(24)17(23)9-13(16)8-14(25)10-20(29)27-6-3-5-26-21(30)19(27)11-15-4-1-2-7-28(15)31;21-15-11-17(23)16(22)9-13(15)8-14(24)10-20(29)27-7-2-1-4-19(28)18(27)12-26-6-3-5-25-26/h1,3,5,9,11-12,15,19H,2,4,6-8,10,25H2,(H,26,30);1-2,4,7,9,12,14,19H,3,5-6,8,10-11,25H2,(H,26,30);3,5-6,9,11,14,18H,1-2,4,7-8,10,12,24H2/t15-,19-;14-,19-;14-,18-/m111/s1. The van der Waals surface area contributed by atoms with E-state index in [4.69, 9.17) is 17.2 Å². The molecule has 0 saturated carbocycles. The maximum Gasteiger partial charge on any atom is 0.243 e. The highest BCUT2D eigenvalue weighted by molar-refractivity contribution is 5.90. The van der Waals surface area contributed by atoms with E-state index in [9.17, 15) is 78.7 Å². The summed E-state index contributed by atoms with van der Waals surface area (Å²) in [5.74, 6) is -12.2. The fraction of sp³-hybridized carbons (Fsp3) is 0.403. The second-order valence-corrected chi connectivity index (χ2v) is 22.3. The van der Waals surface area contributed by atoms with Gasteiger partial charge < -0.3 is 52.9 Å². The van der Waals surface area contributed by atoms with Crippen LogP contribution in [0.25, 0.3) is 0 Å². The third-order valence-corrected chi connectivity index (χ3v) is 15.4. The summed E-state index contributed by atoms with van der Waals surface area (Å²) in [6.07, 6.45) is 9.23. The van der Waals surface area contributed by atoms with E-state index in [0.29, 0.717) is 97.2 Å². The molecular weight excluding hydrogens is 1210 g/mol. The number of nitrogens with one attached hydrogen (secondary N) is 2. The number of likely N-dealkylation sites (tertiary alicyclic amines) is 1. The van der Waals surface area contributed by atoms with Crippen LogP contribution < -0.4 is 37.3 Å². The van der Waals surface area contributed by atoms with Crippen molar-refractivity contribution in [1.82, 2.24) is 35.1 Å². The zero-order valence-electron chi connectivity index (χ0n) is 49.2. The molecule has 3 aliphatic heterocycles. The third-order valence-electron chi connectivity index (χ3n) is 15.4. The number of benzene rings is 3. The van der Waals surface area contributed by atoms with E-state index >= 15 is 0 Å². The highest BCUT2D eigenvalue weighted by Gasteiger charge is 2.37. The molecule has 3 aromatic heterocycles. The number of amides is 5. The molecule has 3 fully saturated rings. The highest BCUT2D eigenvalue weighted by atomic mass is 19.2. The molecule has 29 heteroatoms. The lowest BCUT2D eigenvalue weighted by Crippen LogP contribution is -2.51. The smallest absolute Gasteiger partial charge is 0.243 e. The Morgan fingerprint density at radius 1 is 0.549 bits per heavy atom. The predicted molar refractivity (Wildman–Crippen MR) is 309 cm³/mol. The minimum Gasteiger partial charge on any atom is -0.619 e. The lowest BCUT2D eigenvalue weighted by molar-refractivity contribution is -0.614. The van der Waals surface area contributed by atoms with E-state index in [1.165, 1.54) is 33.3 Å². The second kappa shape index (κ2) is 32.7. The molecule has 0 spiro atoms. The summed E-state index contributed by atoms with van der Waals surface area (Å²) in [6.45, 7) is 2.05. The number of hydrogen-bond acceptors (Lipinski definition) is 12. The lowest BCUT2D eigenvalue weighted by atomic mass is 10.0. The Bertz CT molecular complexity index is 3540. The van der Waals surface area contributed by atoms with Crippen molar-refractivity contribution < 1.29 is 77.7 Å². The molecule has 3 aromatic carbocycles. The summed E-state index contributed by atoms with van der Waals surface area (Å²) in [4.78, 5) is 80.7. The topological polar surface area (TPSA) is 286 Å². The summed E-state index contributed by atoms with van der Waals surface area (Å²) in [7, 11) is 0. The molecule has 6 heterocycles. The van der Waals surface area contributed by atoms with E-state index in [-0.39, 0.29) is 105 Å². The molecule has 8 N–H and O–H groups in total. The molecular formula is C62H69F9N12O8. The van der Waals surface area contributed by atoms with Crippen molar-refractivity contribution in [3.8, 4) is 0 Å². The molecule has 3 saturated heterocycles. The fourth-order valence-electron chi connectivity index (χ4n) is 10.8. The number of halogens is 9. The quantitative estimate of drug-likeness (QED) is 0.0352. The number of ketones is 1. The van der Waals surface area contributed by atoms with Crippen molar-refractivity contribution in [3.05, 3.63) is 194 Å². The van der Waals surface area contributed by atoms with E-state index in [2.05, 4.69) is 15.7 Å². The number of carbonyl (C=O) groups is 6. The van der Waals surface area contributed by atoms with Gasteiger partial charge in [0.1, 0.15) is 35.6 Å². The van der Waals surface area contributed by atoms with Crippen molar-refractivity contribution in [1.29, 1.82) is 0 Å². The first kappa shape index (κ1) is 69.5. The van der Waals surface area contributed by atoms with Crippen molar-refractivity contribution in [2.75, 3.05) is 32.7 Å². The number of pyridine rings is 2. The average Bonchev–Trinajstić information content (AvgIpc) is 3.66. The Kier molecular flexibility index (Phi) is 25.0. The Labute approximate surface area is 517 Å². The zero-order valence-corrected chi connectivity index (χ0v) is 49.2. The molecule has 0 unspecified atom stereocenters. The first-order valence-electron chi connectivity index (χ1n) is 29.3. The summed E-state index contributed by atoms with van der Waals surface area (Å²) < 4.78 is 124.